The van der Waals surface area contributed by atoms with Crippen molar-refractivity contribution in [3.63, 3.8) is 0 Å². The number of allylic oxidation sites excluding steroid dienone is 1. The van der Waals surface area contributed by atoms with Gasteiger partial charge < -0.3 is 49.8 Å². The molecule has 6 unspecified atom stereocenters. The second kappa shape index (κ2) is 14.6. The Labute approximate surface area is 321 Å². The van der Waals surface area contributed by atoms with Crippen LogP contribution < -0.4 is 15.1 Å². The van der Waals surface area contributed by atoms with Gasteiger partial charge in [0, 0.05) is 53.7 Å². The zero-order valence-corrected chi connectivity index (χ0v) is 31.1. The molecule has 6 atom stereocenters. The van der Waals surface area contributed by atoms with Crippen LogP contribution in [0.5, 0.6) is 17.2 Å². The molecule has 1 aromatic heterocycles. The third-order valence-corrected chi connectivity index (χ3v) is 11.9. The molecule has 3 aromatic carbocycles. The molecular formula is C42H46N2O12. The summed E-state index contributed by atoms with van der Waals surface area (Å²) in [7, 11) is 0. The molecule has 3 aliphatic heterocycles. The number of fused-ring (bicyclic) bond motifs is 4. The van der Waals surface area contributed by atoms with Crippen molar-refractivity contribution < 1.29 is 54.7 Å². The van der Waals surface area contributed by atoms with Crippen molar-refractivity contribution in [2.75, 3.05) is 24.7 Å². The molecule has 0 saturated heterocycles. The van der Waals surface area contributed by atoms with Crippen LogP contribution in [0.3, 0.4) is 0 Å². The zero-order valence-electron chi connectivity index (χ0n) is 31.1. The molecule has 1 fully saturated rings. The van der Waals surface area contributed by atoms with Crippen molar-refractivity contribution in [1.29, 1.82) is 0 Å². The number of phenols is 2. The molecule has 1 aliphatic carbocycles. The fourth-order valence-electron chi connectivity index (χ4n) is 8.72. The van der Waals surface area contributed by atoms with Crippen molar-refractivity contribution in [2.45, 2.75) is 88.0 Å². The molecule has 14 nitrogen and oxygen atoms in total. The van der Waals surface area contributed by atoms with Gasteiger partial charge in [0.2, 0.25) is 0 Å². The maximum Gasteiger partial charge on any atom is 0.193 e. The van der Waals surface area contributed by atoms with Crippen LogP contribution in [0.1, 0.15) is 49.5 Å². The number of benzene rings is 3. The molecule has 4 aliphatic rings. The van der Waals surface area contributed by atoms with E-state index >= 15 is 0 Å². The summed E-state index contributed by atoms with van der Waals surface area (Å²) < 4.78 is 13.3. The zero-order chi connectivity index (χ0) is 39.5. The van der Waals surface area contributed by atoms with Gasteiger partial charge in [-0.05, 0) is 74.0 Å². The molecular weight excluding hydrogens is 724 g/mol. The minimum Gasteiger partial charge on any atom is -0.508 e. The van der Waals surface area contributed by atoms with E-state index in [0.717, 1.165) is 37.0 Å². The summed E-state index contributed by atoms with van der Waals surface area (Å²) in [5.41, 5.74) is 0.353. The van der Waals surface area contributed by atoms with Crippen LogP contribution in [0.25, 0.3) is 21.7 Å². The summed E-state index contributed by atoms with van der Waals surface area (Å²) in [6.45, 7) is 2.52. The number of phenolic OH excluding ortho intramolecular Hbond substituents is 2. The average molecular weight is 771 g/mol. The van der Waals surface area contributed by atoms with E-state index in [1.807, 2.05) is 24.1 Å². The van der Waals surface area contributed by atoms with Crippen molar-refractivity contribution in [1.82, 2.24) is 0 Å². The molecule has 4 aromatic rings. The van der Waals surface area contributed by atoms with Gasteiger partial charge in [-0.1, -0.05) is 18.9 Å². The Hall–Kier alpha value is -4.80. The van der Waals surface area contributed by atoms with Gasteiger partial charge in [-0.2, -0.15) is 0 Å². The smallest absolute Gasteiger partial charge is 0.193 e. The molecule has 0 bridgehead atoms. The predicted molar refractivity (Wildman–Crippen MR) is 206 cm³/mol. The molecule has 0 radical (unpaired) electrons. The Balaban J connectivity index is 1.15. The number of aryl methyl sites for hydroxylation is 1. The van der Waals surface area contributed by atoms with Gasteiger partial charge in [-0.15, -0.1) is 0 Å². The SMILES string of the molecule is Cc1cc(=O)c2cc3c(c(N4C=C5C=CN=C5C4)c2o1)OC(C)(C1CCCC1)C(OOCC(O)(Cc1ccc(O)c2ccc(O)cc12)C(O)C(O)C(O)CO)C3. The highest BCUT2D eigenvalue weighted by Gasteiger charge is 2.51. The Bertz CT molecular complexity index is 2330. The van der Waals surface area contributed by atoms with Crippen molar-refractivity contribution >= 4 is 33.1 Å². The first-order valence-corrected chi connectivity index (χ1v) is 18.9. The van der Waals surface area contributed by atoms with E-state index in [9.17, 15) is 40.5 Å². The monoisotopic (exact) mass is 770 g/mol. The molecule has 7 N–H and O–H groups in total. The van der Waals surface area contributed by atoms with Crippen LogP contribution in [-0.2, 0) is 22.6 Å². The van der Waals surface area contributed by atoms with Gasteiger partial charge in [0.15, 0.2) is 16.8 Å². The minimum atomic E-state index is -2.35. The number of aromatic hydroxyl groups is 2. The number of aliphatic hydroxyl groups excluding tert-OH is 4. The summed E-state index contributed by atoms with van der Waals surface area (Å²) in [6, 6.07) is 10.4. The van der Waals surface area contributed by atoms with E-state index in [1.165, 1.54) is 36.4 Å². The molecule has 296 valence electrons. The van der Waals surface area contributed by atoms with Crippen LogP contribution >= 0.6 is 0 Å². The standard InChI is InChI=1S/C42H46N2O12/c1-22-13-33(48)30-14-25-15-35(41(2,26-5-3-4-6-26)55-38(25)36(39(30)54-22)44-18-24-11-12-43-31(24)19-44)56-53-21-42(52,40(51)37(50)34(49)20-45)17-23-7-10-32(47)28-9-8-27(46)16-29(23)28/h7-14,16,18,26,34-35,37,40,45-47,49-52H,3-6,15,17,19-21H2,1-2H3. The summed E-state index contributed by atoms with van der Waals surface area (Å²) in [4.78, 5) is 32.0. The summed E-state index contributed by atoms with van der Waals surface area (Å²) >= 11 is 0. The fraction of sp³-hybridized carbons (Fsp3) is 0.429. The Morgan fingerprint density at radius 1 is 1.05 bits per heavy atom. The molecule has 0 amide bonds. The number of aliphatic imine (C=N–C) groups is 1. The third kappa shape index (κ3) is 6.64. The van der Waals surface area contributed by atoms with E-state index in [0.29, 0.717) is 56.6 Å². The Kier molecular flexibility index (Phi) is 9.94. The van der Waals surface area contributed by atoms with E-state index in [4.69, 9.17) is 18.9 Å². The second-order valence-electron chi connectivity index (χ2n) is 15.7. The Morgan fingerprint density at radius 3 is 2.59 bits per heavy atom. The first-order chi connectivity index (χ1) is 26.8. The van der Waals surface area contributed by atoms with Gasteiger partial charge in [0.25, 0.3) is 0 Å². The maximum atomic E-state index is 13.4. The van der Waals surface area contributed by atoms with Crippen LogP contribution in [-0.4, -0.2) is 96.8 Å². The lowest BCUT2D eigenvalue weighted by Gasteiger charge is -2.46. The average Bonchev–Trinajstić information content (AvgIpc) is 3.95. The maximum absolute atomic E-state index is 13.4. The molecule has 56 heavy (non-hydrogen) atoms. The highest BCUT2D eigenvalue weighted by Crippen LogP contribution is 2.51. The van der Waals surface area contributed by atoms with E-state index in [2.05, 4.69) is 4.99 Å². The van der Waals surface area contributed by atoms with Gasteiger partial charge in [-0.3, -0.25) is 9.79 Å². The summed E-state index contributed by atoms with van der Waals surface area (Å²) in [6.07, 6.45) is 2.52. The highest BCUT2D eigenvalue weighted by molar-refractivity contribution is 6.12. The molecule has 1 saturated carbocycles. The number of hydrogen-bond donors (Lipinski definition) is 7. The predicted octanol–water partition coefficient (Wildman–Crippen LogP) is 3.59. The van der Waals surface area contributed by atoms with Crippen LogP contribution in [0.4, 0.5) is 5.69 Å². The molecule has 0 spiro atoms. The molecule has 4 heterocycles. The van der Waals surface area contributed by atoms with Crippen molar-refractivity contribution in [3.8, 4) is 17.2 Å². The first-order valence-electron chi connectivity index (χ1n) is 18.9. The number of nitrogens with zero attached hydrogens (tertiary/aromatic N) is 2. The lowest BCUT2D eigenvalue weighted by atomic mass is 9.78. The molecule has 8 rings (SSSR count). The number of anilines is 1. The van der Waals surface area contributed by atoms with E-state index < -0.39 is 55.3 Å². The van der Waals surface area contributed by atoms with Gasteiger partial charge in [0.05, 0.1) is 24.2 Å². The quantitative estimate of drug-likeness (QED) is 0.0812. The van der Waals surface area contributed by atoms with Crippen molar-refractivity contribution in [3.05, 3.63) is 93.6 Å². The Morgan fingerprint density at radius 2 is 1.84 bits per heavy atom. The lowest BCUT2D eigenvalue weighted by Crippen LogP contribution is -2.58. The normalized spacial score (nSPS) is 23.4. The highest BCUT2D eigenvalue weighted by atomic mass is 17.2. The third-order valence-electron chi connectivity index (χ3n) is 11.9. The van der Waals surface area contributed by atoms with Crippen LogP contribution in [0.15, 0.2) is 80.7 Å². The fourth-order valence-corrected chi connectivity index (χ4v) is 8.72. The van der Waals surface area contributed by atoms with Crippen molar-refractivity contribution in [2.24, 2.45) is 10.9 Å². The number of ether oxygens (including phenoxy) is 1. The number of rotatable bonds is 12. The van der Waals surface area contributed by atoms with Gasteiger partial charge >= 0.3 is 0 Å². The van der Waals surface area contributed by atoms with E-state index in [-0.39, 0.29) is 29.3 Å². The lowest BCUT2D eigenvalue weighted by molar-refractivity contribution is -0.374. The number of aliphatic hydroxyl groups is 5. The van der Waals surface area contributed by atoms with Crippen LogP contribution in [0, 0.1) is 12.8 Å². The van der Waals surface area contributed by atoms with E-state index in [1.54, 1.807) is 19.2 Å². The molecule has 14 heteroatoms. The first kappa shape index (κ1) is 38.1. The second-order valence-corrected chi connectivity index (χ2v) is 15.7. The van der Waals surface area contributed by atoms with Gasteiger partial charge in [-0.25, -0.2) is 9.78 Å². The summed E-state index contributed by atoms with van der Waals surface area (Å²) in [5.74, 6) is 0.859. The largest absolute Gasteiger partial charge is 0.508 e. The minimum absolute atomic E-state index is 0.0305. The van der Waals surface area contributed by atoms with Crippen LogP contribution in [0.2, 0.25) is 0 Å². The summed E-state index contributed by atoms with van der Waals surface area (Å²) in [5, 5.41) is 76.0. The van der Waals surface area contributed by atoms with Gasteiger partial charge in [0.1, 0.15) is 65.2 Å². The number of hydrogen-bond acceptors (Lipinski definition) is 14. The topological polar surface area (TPSA) is 215 Å².